The molecule has 2 aliphatic rings. The molecule has 17 heteroatoms. The average molecular weight is 561 g/mol. The fraction of sp³-hybridized carbons (Fsp3) is 0.600. The number of piperazine rings is 1. The standard InChI is InChI=1S/C16H24N6S.2C2HF3O2/c1-19-3-5-20(6-4-19)10-14-11-22-8-7-21(12-15(22)18-14)13-16-17-2-9-23-16;2*3-2(4,5)1(6)7/h2,9,11H,3-8,10,12-13H2,1H3;2*(H,6,7). The highest BCUT2D eigenvalue weighted by molar-refractivity contribution is 7.09. The smallest absolute Gasteiger partial charge is 0.475 e. The van der Waals surface area contributed by atoms with Crippen LogP contribution in [0.25, 0.3) is 0 Å². The van der Waals surface area contributed by atoms with E-state index in [2.05, 4.69) is 37.5 Å². The molecule has 1 fully saturated rings. The summed E-state index contributed by atoms with van der Waals surface area (Å²) in [6, 6.07) is 0. The molecule has 2 aliphatic heterocycles. The highest BCUT2D eigenvalue weighted by atomic mass is 32.1. The second-order valence-corrected chi connectivity index (χ2v) is 9.14. The number of carboxylic acid groups (broad SMARTS) is 2. The number of imidazole rings is 1. The summed E-state index contributed by atoms with van der Waals surface area (Å²) in [6.45, 7) is 9.60. The number of hydrogen-bond donors (Lipinski definition) is 2. The molecule has 0 bridgehead atoms. The zero-order chi connectivity index (χ0) is 27.8. The Morgan fingerprint density at radius 3 is 1.95 bits per heavy atom. The molecular weight excluding hydrogens is 534 g/mol. The van der Waals surface area contributed by atoms with Crippen molar-refractivity contribution in [1.82, 2.24) is 29.2 Å². The van der Waals surface area contributed by atoms with Crippen LogP contribution >= 0.6 is 11.3 Å². The molecule has 1 saturated heterocycles. The van der Waals surface area contributed by atoms with Gasteiger partial charge in [-0.1, -0.05) is 0 Å². The highest BCUT2D eigenvalue weighted by Gasteiger charge is 2.38. The van der Waals surface area contributed by atoms with Crippen molar-refractivity contribution >= 4 is 23.3 Å². The number of hydrogen-bond acceptors (Lipinski definition) is 8. The maximum Gasteiger partial charge on any atom is 0.490 e. The molecular formula is C20H26F6N6O4S. The van der Waals surface area contributed by atoms with Crippen LogP contribution < -0.4 is 0 Å². The molecule has 2 N–H and O–H groups in total. The van der Waals surface area contributed by atoms with Crippen LogP contribution in [-0.4, -0.2) is 104 Å². The maximum atomic E-state index is 10.6. The van der Waals surface area contributed by atoms with Gasteiger partial charge in [0.25, 0.3) is 0 Å². The molecule has 4 rings (SSSR count). The van der Waals surface area contributed by atoms with Crippen molar-refractivity contribution in [3.63, 3.8) is 0 Å². The SMILES string of the molecule is CN1CCN(Cc2cn3c(n2)CN(Cc2nccs2)CC3)CC1.O=C(O)C(F)(F)F.O=C(O)C(F)(F)F. The van der Waals surface area contributed by atoms with Crippen LogP contribution in [0, 0.1) is 0 Å². The first-order valence-electron chi connectivity index (χ1n) is 10.8. The van der Waals surface area contributed by atoms with Gasteiger partial charge in [-0.05, 0) is 7.05 Å². The lowest BCUT2D eigenvalue weighted by molar-refractivity contribution is -0.193. The van der Waals surface area contributed by atoms with E-state index >= 15 is 0 Å². The van der Waals surface area contributed by atoms with Gasteiger partial charge < -0.3 is 19.7 Å². The zero-order valence-corrected chi connectivity index (χ0v) is 20.5. The molecule has 0 aromatic carbocycles. The van der Waals surface area contributed by atoms with Gasteiger partial charge in [-0.25, -0.2) is 19.6 Å². The summed E-state index contributed by atoms with van der Waals surface area (Å²) < 4.78 is 65.8. The molecule has 0 saturated carbocycles. The van der Waals surface area contributed by atoms with Gasteiger partial charge in [0.1, 0.15) is 10.8 Å². The minimum atomic E-state index is -5.08. The van der Waals surface area contributed by atoms with E-state index in [1.54, 1.807) is 11.3 Å². The van der Waals surface area contributed by atoms with E-state index in [0.717, 1.165) is 58.9 Å². The summed E-state index contributed by atoms with van der Waals surface area (Å²) in [5.41, 5.74) is 1.22. The first-order chi connectivity index (χ1) is 17.1. The van der Waals surface area contributed by atoms with E-state index in [4.69, 9.17) is 24.8 Å². The molecule has 37 heavy (non-hydrogen) atoms. The number of aliphatic carboxylic acids is 2. The molecule has 0 amide bonds. The Balaban J connectivity index is 0.000000286. The maximum absolute atomic E-state index is 10.6. The third-order valence-corrected chi connectivity index (χ3v) is 6.00. The Kier molecular flexibility index (Phi) is 10.8. The fourth-order valence-corrected chi connectivity index (χ4v) is 3.99. The predicted molar refractivity (Wildman–Crippen MR) is 119 cm³/mol. The monoisotopic (exact) mass is 560 g/mol. The number of likely N-dealkylation sites (N-methyl/N-ethyl adjacent to an activating group) is 1. The summed E-state index contributed by atoms with van der Waals surface area (Å²) in [4.78, 5) is 34.4. The second kappa shape index (κ2) is 13.2. The second-order valence-electron chi connectivity index (χ2n) is 8.16. The van der Waals surface area contributed by atoms with Gasteiger partial charge >= 0.3 is 24.3 Å². The van der Waals surface area contributed by atoms with Gasteiger partial charge in [-0.2, -0.15) is 26.3 Å². The lowest BCUT2D eigenvalue weighted by Gasteiger charge is -2.31. The molecule has 2 aromatic heterocycles. The Hall–Kier alpha value is -2.76. The minimum Gasteiger partial charge on any atom is -0.475 e. The van der Waals surface area contributed by atoms with Crippen molar-refractivity contribution in [2.24, 2.45) is 0 Å². The van der Waals surface area contributed by atoms with Crippen LogP contribution in [0.1, 0.15) is 16.5 Å². The molecule has 0 atom stereocenters. The van der Waals surface area contributed by atoms with Crippen molar-refractivity contribution in [3.05, 3.63) is 34.3 Å². The first kappa shape index (κ1) is 30.5. The molecule has 0 aliphatic carbocycles. The van der Waals surface area contributed by atoms with E-state index < -0.39 is 24.3 Å². The van der Waals surface area contributed by atoms with Gasteiger partial charge in [0.05, 0.1) is 18.8 Å². The predicted octanol–water partition coefficient (Wildman–Crippen LogP) is 2.37. The highest BCUT2D eigenvalue weighted by Crippen LogP contribution is 2.18. The third-order valence-electron chi connectivity index (χ3n) is 5.24. The van der Waals surface area contributed by atoms with E-state index in [9.17, 15) is 26.3 Å². The third kappa shape index (κ3) is 10.6. The van der Waals surface area contributed by atoms with Crippen LogP contribution in [0.15, 0.2) is 17.8 Å². The molecule has 208 valence electrons. The van der Waals surface area contributed by atoms with Crippen LogP contribution in [0.4, 0.5) is 26.3 Å². The number of carboxylic acids is 2. The Morgan fingerprint density at radius 2 is 1.46 bits per heavy atom. The van der Waals surface area contributed by atoms with Crippen LogP contribution in [0.3, 0.4) is 0 Å². The van der Waals surface area contributed by atoms with E-state index in [1.807, 2.05) is 11.6 Å². The lowest BCUT2D eigenvalue weighted by Crippen LogP contribution is -2.43. The average Bonchev–Trinajstić information content (AvgIpc) is 3.44. The first-order valence-corrected chi connectivity index (χ1v) is 11.7. The summed E-state index contributed by atoms with van der Waals surface area (Å²) in [5, 5.41) is 17.5. The number of aromatic nitrogens is 3. The summed E-state index contributed by atoms with van der Waals surface area (Å²) in [5.74, 6) is -4.31. The van der Waals surface area contributed by atoms with Crippen LogP contribution in [0.2, 0.25) is 0 Å². The molecule has 2 aromatic rings. The Bertz CT molecular complexity index is 982. The number of fused-ring (bicyclic) bond motifs is 1. The quantitative estimate of drug-likeness (QED) is 0.544. The number of rotatable bonds is 4. The molecule has 4 heterocycles. The number of carbonyl (C=O) groups is 2. The summed E-state index contributed by atoms with van der Waals surface area (Å²) >= 11 is 1.74. The van der Waals surface area contributed by atoms with Gasteiger partial charge in [0, 0.05) is 63.6 Å². The number of halogens is 6. The number of alkyl halides is 6. The fourth-order valence-electron chi connectivity index (χ4n) is 3.33. The zero-order valence-electron chi connectivity index (χ0n) is 19.7. The van der Waals surface area contributed by atoms with Crippen molar-refractivity contribution in [3.8, 4) is 0 Å². The summed E-state index contributed by atoms with van der Waals surface area (Å²) in [6.07, 6.45) is -6.02. The topological polar surface area (TPSA) is 115 Å². The van der Waals surface area contributed by atoms with Gasteiger partial charge in [-0.15, -0.1) is 11.3 Å². The van der Waals surface area contributed by atoms with Gasteiger partial charge in [0.15, 0.2) is 0 Å². The molecule has 0 unspecified atom stereocenters. The van der Waals surface area contributed by atoms with Crippen LogP contribution in [-0.2, 0) is 35.8 Å². The number of nitrogens with zero attached hydrogens (tertiary/aromatic N) is 6. The minimum absolute atomic E-state index is 0.933. The largest absolute Gasteiger partial charge is 0.490 e. The Morgan fingerprint density at radius 1 is 0.919 bits per heavy atom. The normalized spacial score (nSPS) is 17.2. The Labute approximate surface area is 211 Å². The van der Waals surface area contributed by atoms with Crippen LogP contribution in [0.5, 0.6) is 0 Å². The van der Waals surface area contributed by atoms with E-state index in [-0.39, 0.29) is 0 Å². The van der Waals surface area contributed by atoms with E-state index in [0.29, 0.717) is 0 Å². The van der Waals surface area contributed by atoms with Gasteiger partial charge in [-0.3, -0.25) is 9.80 Å². The van der Waals surface area contributed by atoms with E-state index in [1.165, 1.54) is 16.5 Å². The summed E-state index contributed by atoms with van der Waals surface area (Å²) in [7, 11) is 2.20. The molecule has 10 nitrogen and oxygen atoms in total. The van der Waals surface area contributed by atoms with Crippen molar-refractivity contribution < 1.29 is 46.1 Å². The molecule has 0 spiro atoms. The van der Waals surface area contributed by atoms with Crippen molar-refractivity contribution in [1.29, 1.82) is 0 Å². The van der Waals surface area contributed by atoms with Crippen molar-refractivity contribution in [2.75, 3.05) is 39.8 Å². The van der Waals surface area contributed by atoms with Gasteiger partial charge in [0.2, 0.25) is 0 Å². The van der Waals surface area contributed by atoms with Crippen molar-refractivity contribution in [2.45, 2.75) is 38.5 Å². The number of thiazole rings is 1. The molecule has 0 radical (unpaired) electrons. The lowest BCUT2D eigenvalue weighted by atomic mass is 10.3.